The second-order valence-electron chi connectivity index (χ2n) is 3.47. The van der Waals surface area contributed by atoms with Crippen LogP contribution in [0.1, 0.15) is 13.8 Å². The van der Waals surface area contributed by atoms with E-state index in [1.165, 1.54) is 4.80 Å². The molecule has 4 nitrogen and oxygen atoms in total. The van der Waals surface area contributed by atoms with Gasteiger partial charge in [0.25, 0.3) is 0 Å². The van der Waals surface area contributed by atoms with E-state index in [0.717, 1.165) is 11.0 Å². The summed E-state index contributed by atoms with van der Waals surface area (Å²) in [7, 11) is 0. The van der Waals surface area contributed by atoms with Gasteiger partial charge in [0.2, 0.25) is 0 Å². The maximum atomic E-state index is 9.69. The number of phenolic OH excluding ortho intramolecular Hbond substituents is 1. The van der Waals surface area contributed by atoms with Crippen molar-refractivity contribution in [1.82, 2.24) is 15.0 Å². The summed E-state index contributed by atoms with van der Waals surface area (Å²) in [6.07, 6.45) is 0. The van der Waals surface area contributed by atoms with Gasteiger partial charge in [0, 0.05) is 0 Å². The molecule has 18 heavy (non-hydrogen) atoms. The van der Waals surface area contributed by atoms with Crippen LogP contribution >= 0.6 is 0 Å². The highest BCUT2D eigenvalue weighted by molar-refractivity contribution is 5.73. The minimum Gasteiger partial charge on any atom is -0.506 e. The molecule has 1 aromatic heterocycles. The molecule has 0 unspecified atom stereocenters. The Morgan fingerprint density at radius 3 is 1.89 bits per heavy atom. The van der Waals surface area contributed by atoms with Gasteiger partial charge in [-0.1, -0.05) is 38.1 Å². The van der Waals surface area contributed by atoms with Crippen molar-refractivity contribution >= 4 is 11.0 Å². The fourth-order valence-corrected chi connectivity index (χ4v) is 1.60. The van der Waals surface area contributed by atoms with Gasteiger partial charge in [0.15, 0.2) is 0 Å². The van der Waals surface area contributed by atoms with Crippen molar-refractivity contribution in [2.45, 2.75) is 13.8 Å². The molecule has 0 saturated heterocycles. The molecular formula is C14H15N3O. The molecule has 0 aliphatic heterocycles. The van der Waals surface area contributed by atoms with E-state index < -0.39 is 0 Å². The Bertz CT molecular complexity index is 613. The Balaban J connectivity index is 0.000000574. The van der Waals surface area contributed by atoms with Crippen molar-refractivity contribution < 1.29 is 5.11 Å². The molecule has 0 fully saturated rings. The molecule has 0 atom stereocenters. The van der Waals surface area contributed by atoms with Crippen LogP contribution in [0.25, 0.3) is 16.7 Å². The first-order chi connectivity index (χ1) is 8.84. The van der Waals surface area contributed by atoms with Crippen LogP contribution in [0.4, 0.5) is 0 Å². The van der Waals surface area contributed by atoms with E-state index in [2.05, 4.69) is 10.2 Å². The number of benzene rings is 2. The number of para-hydroxylation sites is 2. The largest absolute Gasteiger partial charge is 0.506 e. The molecule has 92 valence electrons. The standard InChI is InChI=1S/C12H9N3O.C2H6/c16-12-8-4-3-7-11(12)15-13-9-5-1-2-6-10(9)14-15;1-2/h1-8,16H;1-2H3. The maximum Gasteiger partial charge on any atom is 0.143 e. The van der Waals surface area contributed by atoms with Gasteiger partial charge < -0.3 is 5.11 Å². The molecule has 4 heteroatoms. The quantitative estimate of drug-likeness (QED) is 0.712. The summed E-state index contributed by atoms with van der Waals surface area (Å²) in [5.74, 6) is 0.169. The third-order valence-corrected chi connectivity index (χ3v) is 2.38. The fourth-order valence-electron chi connectivity index (χ4n) is 1.60. The van der Waals surface area contributed by atoms with Crippen LogP contribution in [0, 0.1) is 0 Å². The number of rotatable bonds is 1. The monoisotopic (exact) mass is 241 g/mol. The van der Waals surface area contributed by atoms with Crippen molar-refractivity contribution in [3.8, 4) is 11.4 Å². The Morgan fingerprint density at radius 1 is 0.833 bits per heavy atom. The van der Waals surface area contributed by atoms with Crippen LogP contribution in [0.2, 0.25) is 0 Å². The molecule has 1 N–H and O–H groups in total. The molecule has 0 saturated carbocycles. The lowest BCUT2D eigenvalue weighted by atomic mass is 10.3. The lowest BCUT2D eigenvalue weighted by Crippen LogP contribution is -1.98. The van der Waals surface area contributed by atoms with E-state index in [4.69, 9.17) is 0 Å². The van der Waals surface area contributed by atoms with Gasteiger partial charge in [-0.3, -0.25) is 0 Å². The van der Waals surface area contributed by atoms with E-state index in [1.807, 2.05) is 44.2 Å². The molecular weight excluding hydrogens is 226 g/mol. The number of nitrogens with zero attached hydrogens (tertiary/aromatic N) is 3. The van der Waals surface area contributed by atoms with Gasteiger partial charge in [-0.2, -0.15) is 0 Å². The van der Waals surface area contributed by atoms with Crippen LogP contribution in [0.3, 0.4) is 0 Å². The molecule has 0 radical (unpaired) electrons. The first kappa shape index (κ1) is 12.1. The number of aromatic hydroxyl groups is 1. The summed E-state index contributed by atoms with van der Waals surface area (Å²) in [5.41, 5.74) is 2.20. The molecule has 0 amide bonds. The normalized spacial score (nSPS) is 9.89. The number of hydrogen-bond acceptors (Lipinski definition) is 3. The first-order valence-corrected chi connectivity index (χ1v) is 5.95. The first-order valence-electron chi connectivity index (χ1n) is 5.95. The van der Waals surface area contributed by atoms with Crippen LogP contribution in [0.15, 0.2) is 48.5 Å². The summed E-state index contributed by atoms with van der Waals surface area (Å²) in [6.45, 7) is 4.00. The smallest absolute Gasteiger partial charge is 0.143 e. The second kappa shape index (κ2) is 5.31. The van der Waals surface area contributed by atoms with Crippen molar-refractivity contribution in [3.05, 3.63) is 48.5 Å². The SMILES string of the molecule is CC.Oc1ccccc1-n1nc2ccccc2n1. The highest BCUT2D eigenvalue weighted by Crippen LogP contribution is 2.20. The van der Waals surface area contributed by atoms with Crippen molar-refractivity contribution in [2.75, 3.05) is 0 Å². The summed E-state index contributed by atoms with van der Waals surface area (Å²) >= 11 is 0. The van der Waals surface area contributed by atoms with Crippen molar-refractivity contribution in [1.29, 1.82) is 0 Å². The summed E-state index contributed by atoms with van der Waals surface area (Å²) in [4.78, 5) is 1.44. The van der Waals surface area contributed by atoms with E-state index in [-0.39, 0.29) is 5.75 Å². The summed E-state index contributed by atoms with van der Waals surface area (Å²) in [5, 5.41) is 18.3. The van der Waals surface area contributed by atoms with E-state index in [0.29, 0.717) is 5.69 Å². The average Bonchev–Trinajstić information content (AvgIpc) is 2.85. The highest BCUT2D eigenvalue weighted by Gasteiger charge is 2.06. The lowest BCUT2D eigenvalue weighted by molar-refractivity contribution is 0.468. The molecule has 0 bridgehead atoms. The van der Waals surface area contributed by atoms with Crippen LogP contribution in [0.5, 0.6) is 5.75 Å². The predicted octanol–water partition coefficient (Wildman–Crippen LogP) is 3.15. The third-order valence-electron chi connectivity index (χ3n) is 2.38. The summed E-state index contributed by atoms with van der Waals surface area (Å²) < 4.78 is 0. The molecule has 2 aromatic carbocycles. The Labute approximate surface area is 105 Å². The van der Waals surface area contributed by atoms with Gasteiger partial charge in [-0.05, 0) is 24.3 Å². The number of hydrogen-bond donors (Lipinski definition) is 1. The zero-order valence-corrected chi connectivity index (χ0v) is 10.4. The lowest BCUT2D eigenvalue weighted by Gasteiger charge is -2.00. The molecule has 0 spiro atoms. The Morgan fingerprint density at radius 2 is 1.33 bits per heavy atom. The molecule has 1 heterocycles. The molecule has 0 aliphatic rings. The maximum absolute atomic E-state index is 9.69. The Kier molecular flexibility index (Phi) is 3.57. The van der Waals surface area contributed by atoms with Gasteiger partial charge in [0.1, 0.15) is 22.5 Å². The average molecular weight is 241 g/mol. The number of fused-ring (bicyclic) bond motifs is 1. The van der Waals surface area contributed by atoms with Gasteiger partial charge >= 0.3 is 0 Å². The number of phenols is 1. The van der Waals surface area contributed by atoms with Gasteiger partial charge in [0.05, 0.1) is 0 Å². The molecule has 3 rings (SSSR count). The van der Waals surface area contributed by atoms with Gasteiger partial charge in [-0.15, -0.1) is 15.0 Å². The van der Waals surface area contributed by atoms with Crippen LogP contribution < -0.4 is 0 Å². The fraction of sp³-hybridized carbons (Fsp3) is 0.143. The minimum atomic E-state index is 0.169. The van der Waals surface area contributed by atoms with E-state index in [1.54, 1.807) is 18.2 Å². The highest BCUT2D eigenvalue weighted by atomic mass is 16.3. The zero-order chi connectivity index (χ0) is 13.0. The minimum absolute atomic E-state index is 0.169. The van der Waals surface area contributed by atoms with E-state index in [9.17, 15) is 5.11 Å². The third kappa shape index (κ3) is 2.18. The van der Waals surface area contributed by atoms with Crippen LogP contribution in [-0.2, 0) is 0 Å². The van der Waals surface area contributed by atoms with Crippen molar-refractivity contribution in [3.63, 3.8) is 0 Å². The predicted molar refractivity (Wildman–Crippen MR) is 71.9 cm³/mol. The second-order valence-corrected chi connectivity index (χ2v) is 3.47. The molecule has 3 aromatic rings. The van der Waals surface area contributed by atoms with Crippen molar-refractivity contribution in [2.24, 2.45) is 0 Å². The topological polar surface area (TPSA) is 50.9 Å². The Hall–Kier alpha value is -2.36. The zero-order valence-electron chi connectivity index (χ0n) is 10.4. The van der Waals surface area contributed by atoms with E-state index >= 15 is 0 Å². The van der Waals surface area contributed by atoms with Crippen LogP contribution in [-0.4, -0.2) is 20.1 Å². The number of aromatic nitrogens is 3. The van der Waals surface area contributed by atoms with Gasteiger partial charge in [-0.25, -0.2) is 0 Å². The summed E-state index contributed by atoms with van der Waals surface area (Å²) in [6, 6.07) is 14.6. The molecule has 0 aliphatic carbocycles.